The second-order valence-electron chi connectivity index (χ2n) is 8.56. The average molecular weight is 497 g/mol. The molecule has 0 unspecified atom stereocenters. The number of carbonyl (C=O) groups is 2. The van der Waals surface area contributed by atoms with Gasteiger partial charge in [-0.2, -0.15) is 0 Å². The van der Waals surface area contributed by atoms with Crippen molar-refractivity contribution in [1.29, 1.82) is 0 Å². The highest BCUT2D eigenvalue weighted by atomic mass is 35.5. The van der Waals surface area contributed by atoms with E-state index in [9.17, 15) is 9.59 Å². The number of amides is 2. The van der Waals surface area contributed by atoms with Gasteiger partial charge < -0.3 is 24.3 Å². The quantitative estimate of drug-likeness (QED) is 0.537. The summed E-state index contributed by atoms with van der Waals surface area (Å²) in [5.74, 6) is 1.63. The second-order valence-corrected chi connectivity index (χ2v) is 8.99. The standard InChI is InChI=1S/C26H29ClN4O4/c1-30-13-10-28-24(30)23(19-14-21(34-2)16-22(15-19)35-3)29-25(32)17-8-11-31(12-9-17)26(33)18-4-6-20(27)7-5-18/h4-7,10,13-17,23H,8-9,11-12H2,1-3H3,(H,29,32)/t23-/m1/s1. The summed E-state index contributed by atoms with van der Waals surface area (Å²) < 4.78 is 12.7. The van der Waals surface area contributed by atoms with Gasteiger partial charge in [0.1, 0.15) is 23.4 Å². The molecule has 2 aromatic carbocycles. The molecule has 8 nitrogen and oxygen atoms in total. The third-order valence-corrected chi connectivity index (χ3v) is 6.61. The number of nitrogens with zero attached hydrogens (tertiary/aromatic N) is 3. The summed E-state index contributed by atoms with van der Waals surface area (Å²) in [5, 5.41) is 3.77. The van der Waals surface area contributed by atoms with E-state index in [1.807, 2.05) is 29.9 Å². The van der Waals surface area contributed by atoms with Crippen LogP contribution in [0.4, 0.5) is 0 Å². The van der Waals surface area contributed by atoms with Crippen molar-refractivity contribution in [2.24, 2.45) is 13.0 Å². The summed E-state index contributed by atoms with van der Waals surface area (Å²) in [6, 6.07) is 11.9. The van der Waals surface area contributed by atoms with Crippen LogP contribution in [0.1, 0.15) is 40.6 Å². The first-order valence-electron chi connectivity index (χ1n) is 11.4. The lowest BCUT2D eigenvalue weighted by atomic mass is 9.94. The van der Waals surface area contributed by atoms with Gasteiger partial charge in [-0.25, -0.2) is 4.98 Å². The number of methoxy groups -OCH3 is 2. The lowest BCUT2D eigenvalue weighted by Gasteiger charge is -2.32. The number of hydrogen-bond acceptors (Lipinski definition) is 5. The highest BCUT2D eigenvalue weighted by Gasteiger charge is 2.31. The predicted octanol–water partition coefficient (Wildman–Crippen LogP) is 3.85. The van der Waals surface area contributed by atoms with E-state index in [0.717, 1.165) is 5.56 Å². The van der Waals surface area contributed by atoms with Gasteiger partial charge in [0.25, 0.3) is 5.91 Å². The van der Waals surface area contributed by atoms with E-state index >= 15 is 0 Å². The van der Waals surface area contributed by atoms with Crippen LogP contribution in [0.5, 0.6) is 11.5 Å². The van der Waals surface area contributed by atoms with E-state index in [1.54, 1.807) is 55.6 Å². The van der Waals surface area contributed by atoms with Crippen molar-refractivity contribution < 1.29 is 19.1 Å². The molecule has 0 aliphatic carbocycles. The van der Waals surface area contributed by atoms with Crippen LogP contribution < -0.4 is 14.8 Å². The topological polar surface area (TPSA) is 85.7 Å². The molecule has 1 fully saturated rings. The van der Waals surface area contributed by atoms with Crippen molar-refractivity contribution >= 4 is 23.4 Å². The maximum absolute atomic E-state index is 13.4. The molecule has 0 saturated carbocycles. The summed E-state index contributed by atoms with van der Waals surface area (Å²) in [7, 11) is 5.07. The number of likely N-dealkylation sites (tertiary alicyclic amines) is 1. The zero-order chi connectivity index (χ0) is 24.9. The van der Waals surface area contributed by atoms with Gasteiger partial charge in [-0.1, -0.05) is 11.6 Å². The van der Waals surface area contributed by atoms with Crippen LogP contribution in [-0.4, -0.2) is 53.6 Å². The largest absolute Gasteiger partial charge is 0.497 e. The fraction of sp³-hybridized carbons (Fsp3) is 0.346. The fourth-order valence-corrected chi connectivity index (χ4v) is 4.45. The average Bonchev–Trinajstić information content (AvgIpc) is 3.32. The van der Waals surface area contributed by atoms with Gasteiger partial charge in [0.2, 0.25) is 5.91 Å². The Bertz CT molecular complexity index is 1160. The monoisotopic (exact) mass is 496 g/mol. The Morgan fingerprint density at radius 1 is 1.06 bits per heavy atom. The Hall–Kier alpha value is -3.52. The fourth-order valence-electron chi connectivity index (χ4n) is 4.33. The first kappa shape index (κ1) is 24.6. The Morgan fingerprint density at radius 2 is 1.69 bits per heavy atom. The van der Waals surface area contributed by atoms with E-state index < -0.39 is 6.04 Å². The number of benzene rings is 2. The molecule has 1 aliphatic rings. The van der Waals surface area contributed by atoms with Gasteiger partial charge >= 0.3 is 0 Å². The third-order valence-electron chi connectivity index (χ3n) is 6.35. The number of ether oxygens (including phenoxy) is 2. The molecular weight excluding hydrogens is 468 g/mol. The molecule has 1 aliphatic heterocycles. The van der Waals surface area contributed by atoms with Crippen molar-refractivity contribution in [3.8, 4) is 11.5 Å². The molecule has 0 radical (unpaired) electrons. The smallest absolute Gasteiger partial charge is 0.253 e. The number of nitrogens with one attached hydrogen (secondary N) is 1. The maximum Gasteiger partial charge on any atom is 0.253 e. The lowest BCUT2D eigenvalue weighted by Crippen LogP contribution is -2.44. The molecular formula is C26H29ClN4O4. The molecule has 1 atom stereocenters. The first-order chi connectivity index (χ1) is 16.9. The molecule has 4 rings (SSSR count). The van der Waals surface area contributed by atoms with Crippen LogP contribution in [0.15, 0.2) is 54.9 Å². The maximum atomic E-state index is 13.4. The normalized spacial score (nSPS) is 14.9. The van der Waals surface area contributed by atoms with Crippen molar-refractivity contribution in [3.05, 3.63) is 76.8 Å². The van der Waals surface area contributed by atoms with Gasteiger partial charge in [-0.3, -0.25) is 9.59 Å². The second kappa shape index (κ2) is 10.8. The number of halogens is 1. The number of carbonyl (C=O) groups excluding carboxylic acids is 2. The van der Waals surface area contributed by atoms with E-state index in [4.69, 9.17) is 21.1 Å². The van der Waals surface area contributed by atoms with E-state index in [2.05, 4.69) is 10.3 Å². The molecule has 2 amide bonds. The van der Waals surface area contributed by atoms with Crippen molar-refractivity contribution in [2.75, 3.05) is 27.3 Å². The lowest BCUT2D eigenvalue weighted by molar-refractivity contribution is -0.126. The number of imidazole rings is 1. The van der Waals surface area contributed by atoms with Crippen LogP contribution in [0, 0.1) is 5.92 Å². The summed E-state index contributed by atoms with van der Waals surface area (Å²) in [5.41, 5.74) is 1.40. The minimum absolute atomic E-state index is 0.0464. The SMILES string of the molecule is COc1cc(OC)cc([C@@H](NC(=O)C2CCN(C(=O)c3ccc(Cl)cc3)CC2)c2nccn2C)c1. The summed E-state index contributed by atoms with van der Waals surface area (Å²) >= 11 is 5.93. The summed E-state index contributed by atoms with van der Waals surface area (Å²) in [4.78, 5) is 32.4. The highest BCUT2D eigenvalue weighted by Crippen LogP contribution is 2.30. The van der Waals surface area contributed by atoms with Gasteiger partial charge in [-0.15, -0.1) is 0 Å². The van der Waals surface area contributed by atoms with Crippen LogP contribution in [-0.2, 0) is 11.8 Å². The van der Waals surface area contributed by atoms with Gasteiger partial charge in [0.15, 0.2) is 0 Å². The summed E-state index contributed by atoms with van der Waals surface area (Å²) in [6.07, 6.45) is 4.71. The Labute approximate surface area is 209 Å². The third kappa shape index (κ3) is 5.59. The van der Waals surface area contributed by atoms with Crippen molar-refractivity contribution in [3.63, 3.8) is 0 Å². The number of piperidine rings is 1. The molecule has 1 saturated heterocycles. The molecule has 184 valence electrons. The molecule has 3 aromatic rings. The minimum atomic E-state index is -0.486. The van der Waals surface area contributed by atoms with Crippen molar-refractivity contribution in [1.82, 2.24) is 19.8 Å². The van der Waals surface area contributed by atoms with E-state index in [-0.39, 0.29) is 17.7 Å². The molecule has 2 heterocycles. The minimum Gasteiger partial charge on any atom is -0.497 e. The Balaban J connectivity index is 1.48. The molecule has 1 aromatic heterocycles. The first-order valence-corrected chi connectivity index (χ1v) is 11.8. The van der Waals surface area contributed by atoms with Crippen molar-refractivity contribution in [2.45, 2.75) is 18.9 Å². The molecule has 35 heavy (non-hydrogen) atoms. The number of aromatic nitrogens is 2. The predicted molar refractivity (Wildman–Crippen MR) is 133 cm³/mol. The number of rotatable bonds is 7. The van der Waals surface area contributed by atoms with Gasteiger partial charge in [0, 0.05) is 55.1 Å². The van der Waals surface area contributed by atoms with Crippen LogP contribution >= 0.6 is 11.6 Å². The van der Waals surface area contributed by atoms with E-state index in [0.29, 0.717) is 53.8 Å². The Kier molecular flexibility index (Phi) is 7.60. The number of hydrogen-bond donors (Lipinski definition) is 1. The van der Waals surface area contributed by atoms with Gasteiger partial charge in [-0.05, 0) is 54.8 Å². The van der Waals surface area contributed by atoms with Crippen LogP contribution in [0.2, 0.25) is 5.02 Å². The number of aryl methyl sites for hydroxylation is 1. The van der Waals surface area contributed by atoms with Crippen LogP contribution in [0.3, 0.4) is 0 Å². The Morgan fingerprint density at radius 3 is 2.23 bits per heavy atom. The molecule has 9 heteroatoms. The molecule has 1 N–H and O–H groups in total. The highest BCUT2D eigenvalue weighted by molar-refractivity contribution is 6.30. The zero-order valence-electron chi connectivity index (χ0n) is 20.0. The summed E-state index contributed by atoms with van der Waals surface area (Å²) in [6.45, 7) is 1.03. The zero-order valence-corrected chi connectivity index (χ0v) is 20.8. The molecule has 0 spiro atoms. The van der Waals surface area contributed by atoms with E-state index in [1.165, 1.54) is 0 Å². The van der Waals surface area contributed by atoms with Gasteiger partial charge in [0.05, 0.1) is 14.2 Å². The van der Waals surface area contributed by atoms with Crippen LogP contribution in [0.25, 0.3) is 0 Å². The molecule has 0 bridgehead atoms.